The van der Waals surface area contributed by atoms with Gasteiger partial charge in [0.05, 0.1) is 18.1 Å². The van der Waals surface area contributed by atoms with Crippen molar-refractivity contribution in [2.75, 3.05) is 31.9 Å². The fourth-order valence-corrected chi connectivity index (χ4v) is 10.1. The third-order valence-corrected chi connectivity index (χ3v) is 14.9. The van der Waals surface area contributed by atoms with Crippen LogP contribution in [0, 0.1) is 11.8 Å². The summed E-state index contributed by atoms with van der Waals surface area (Å²) in [6, 6.07) is -5.44. The number of carbonyl (C=O) groups is 10. The quantitative estimate of drug-likeness (QED) is 0.0159. The number of rotatable bonds is 39. The summed E-state index contributed by atoms with van der Waals surface area (Å²) in [5.74, 6) is -4.64. The number of carbonyl (C=O) groups excluding carboxylic acids is 10. The highest BCUT2D eigenvalue weighted by molar-refractivity contribution is 8.00. The number of ketones is 1. The van der Waals surface area contributed by atoms with E-state index in [-0.39, 0.29) is 106 Å². The van der Waals surface area contributed by atoms with E-state index in [1.807, 2.05) is 25.6 Å². The third kappa shape index (κ3) is 25.0. The molecule has 0 aromatic rings. The van der Waals surface area contributed by atoms with E-state index in [1.165, 1.54) is 6.92 Å². The lowest BCUT2D eigenvalue weighted by atomic mass is 9.95. The molecule has 2 rings (SSSR count). The summed E-state index contributed by atoms with van der Waals surface area (Å²) in [6.45, 7) is 9.59. The first-order valence-electron chi connectivity index (χ1n) is 26.5. The first-order valence-corrected chi connectivity index (χ1v) is 27.5. The maximum atomic E-state index is 14.0. The minimum absolute atomic E-state index is 0.0186. The van der Waals surface area contributed by atoms with Crippen LogP contribution in [0.3, 0.4) is 0 Å². The van der Waals surface area contributed by atoms with Crippen LogP contribution in [0.15, 0.2) is 4.99 Å². The van der Waals surface area contributed by atoms with Gasteiger partial charge in [-0.1, -0.05) is 53.4 Å². The highest BCUT2D eigenvalue weighted by atomic mass is 32.2. The highest BCUT2D eigenvalue weighted by Gasteiger charge is 2.42. The number of nitrogens with one attached hydrogen (secondary N) is 9. The number of nitrogens with zero attached hydrogens (tertiary/aromatic N) is 1. The number of hydrogen-bond donors (Lipinski definition) is 13. The van der Waals surface area contributed by atoms with Crippen LogP contribution in [-0.2, 0) is 43.2 Å². The van der Waals surface area contributed by atoms with Crippen LogP contribution in [0.25, 0.3) is 0 Å². The molecule has 2 heterocycles. The lowest BCUT2D eigenvalue weighted by Gasteiger charge is -2.30. The molecule has 420 valence electrons. The fraction of sp³-hybridized carbons (Fsp3) is 0.776. The van der Waals surface area contributed by atoms with E-state index in [9.17, 15) is 47.9 Å². The molecule has 0 saturated carbocycles. The van der Waals surface area contributed by atoms with Crippen molar-refractivity contribution in [3.8, 4) is 0 Å². The van der Waals surface area contributed by atoms with Gasteiger partial charge in [-0.15, -0.1) is 0 Å². The molecule has 10 atom stereocenters. The summed E-state index contributed by atoms with van der Waals surface area (Å²) in [4.78, 5) is 134. The van der Waals surface area contributed by atoms with E-state index < -0.39 is 71.6 Å². The van der Waals surface area contributed by atoms with Gasteiger partial charge in [-0.25, -0.2) is 4.79 Å². The van der Waals surface area contributed by atoms with E-state index in [0.29, 0.717) is 69.7 Å². The van der Waals surface area contributed by atoms with Gasteiger partial charge in [-0.3, -0.25) is 48.1 Å². The Hall–Kier alpha value is -5.72. The number of unbranched alkanes of at least 4 members (excludes halogenated alkanes) is 4. The summed E-state index contributed by atoms with van der Waals surface area (Å²) < 4.78 is 0. The maximum absolute atomic E-state index is 14.0. The number of Topliss-reactive ketones (excluding diaryl/α,β-unsaturated/α-hetero) is 1. The molecule has 74 heavy (non-hydrogen) atoms. The minimum atomic E-state index is -1.40. The summed E-state index contributed by atoms with van der Waals surface area (Å²) in [6.07, 6.45) is 7.00. The lowest BCUT2D eigenvalue weighted by Crippen LogP contribution is -2.60. The molecule has 0 spiro atoms. The average Bonchev–Trinajstić information content (AvgIpc) is 3.91. The Morgan fingerprint density at radius 3 is 1.81 bits per heavy atom. The standard InChI is InChI=1S/C49H88N14O10S/c1-6-29(3)41(31(5)64)61-45(70)33(16-12-13-24-50)59-47(72)42(30(4)7-2)62-46(71)34(21-22-37(51)65)58-44(69)32(17-15-26-56-48(52)53)57-40(68)23-27-55-39(67)19-9-8-14-25-54-38(66)20-11-10-18-36-43-35(28-74-36)60-49(73)63-43/h29-30,32-36,41-43H,6-28,50H2,1-5H3,(H2,51,65)(H,54,66)(H,55,67)(H,57,68)(H,58,69)(H,59,72)(H,61,70)(H,62,71)(H4,52,53,56)(H2,60,63,73)/t29?,30?,32-,33+,34+,35-,36?,41-,42-,43-/m0/s1. The van der Waals surface area contributed by atoms with Gasteiger partial charge in [0.2, 0.25) is 47.3 Å². The molecule has 0 aliphatic carbocycles. The molecule has 0 radical (unpaired) electrons. The van der Waals surface area contributed by atoms with Crippen molar-refractivity contribution in [2.24, 2.45) is 39.8 Å². The van der Waals surface area contributed by atoms with Gasteiger partial charge in [0.1, 0.15) is 24.2 Å². The number of primary amides is 1. The molecule has 10 amide bonds. The molecule has 25 heteroatoms. The largest absolute Gasteiger partial charge is 0.370 e. The zero-order valence-corrected chi connectivity index (χ0v) is 45.1. The van der Waals surface area contributed by atoms with Gasteiger partial charge in [-0.2, -0.15) is 11.8 Å². The summed E-state index contributed by atoms with van der Waals surface area (Å²) >= 11 is 1.85. The summed E-state index contributed by atoms with van der Waals surface area (Å²) in [5, 5.41) is 25.4. The van der Waals surface area contributed by atoms with Crippen molar-refractivity contribution in [3.63, 3.8) is 0 Å². The van der Waals surface area contributed by atoms with Crippen LogP contribution in [0.1, 0.15) is 150 Å². The predicted molar refractivity (Wildman–Crippen MR) is 284 cm³/mol. The maximum Gasteiger partial charge on any atom is 0.315 e. The molecule has 24 nitrogen and oxygen atoms in total. The molecular formula is C49H88N14O10S. The average molecular weight is 1070 g/mol. The van der Waals surface area contributed by atoms with Gasteiger partial charge in [0.15, 0.2) is 11.7 Å². The molecule has 0 aromatic heterocycles. The number of aliphatic imine (C=N–C) groups is 1. The van der Waals surface area contributed by atoms with Gasteiger partial charge in [-0.05, 0) is 89.5 Å². The Kier molecular flexibility index (Phi) is 30.9. The zero-order chi connectivity index (χ0) is 55.2. The van der Waals surface area contributed by atoms with Gasteiger partial charge in [0, 0.05) is 56.3 Å². The monoisotopic (exact) mass is 1060 g/mol. The normalized spacial score (nSPS) is 18.5. The highest BCUT2D eigenvalue weighted by Crippen LogP contribution is 2.33. The number of amides is 10. The minimum Gasteiger partial charge on any atom is -0.370 e. The van der Waals surface area contributed by atoms with Crippen molar-refractivity contribution in [3.05, 3.63) is 0 Å². The van der Waals surface area contributed by atoms with Crippen molar-refractivity contribution < 1.29 is 47.9 Å². The third-order valence-electron chi connectivity index (χ3n) is 13.4. The lowest BCUT2D eigenvalue weighted by molar-refractivity contribution is -0.136. The van der Waals surface area contributed by atoms with Gasteiger partial charge >= 0.3 is 6.03 Å². The van der Waals surface area contributed by atoms with E-state index in [2.05, 4.69) is 52.8 Å². The topological polar surface area (TPSA) is 395 Å². The Morgan fingerprint density at radius 2 is 1.19 bits per heavy atom. The number of nitrogens with two attached hydrogens (primary N) is 4. The van der Waals surface area contributed by atoms with Crippen LogP contribution in [-0.4, -0.2) is 145 Å². The number of urea groups is 1. The molecule has 17 N–H and O–H groups in total. The van der Waals surface area contributed by atoms with E-state index >= 15 is 0 Å². The smallest absolute Gasteiger partial charge is 0.315 e. The second-order valence-corrected chi connectivity index (χ2v) is 20.7. The second kappa shape index (κ2) is 35.5. The Balaban J connectivity index is 1.97. The van der Waals surface area contributed by atoms with Crippen LogP contribution in [0.2, 0.25) is 0 Å². The van der Waals surface area contributed by atoms with Crippen molar-refractivity contribution >= 4 is 76.8 Å². The Bertz CT molecular complexity index is 1890. The molecule has 0 bridgehead atoms. The number of hydrogen-bond acceptors (Lipinski definition) is 13. The molecule has 2 saturated heterocycles. The second-order valence-electron chi connectivity index (χ2n) is 19.5. The van der Waals surface area contributed by atoms with E-state index in [0.717, 1.165) is 25.0 Å². The van der Waals surface area contributed by atoms with E-state index in [1.54, 1.807) is 13.8 Å². The number of guanidine groups is 1. The summed E-state index contributed by atoms with van der Waals surface area (Å²) in [5.41, 5.74) is 22.1. The summed E-state index contributed by atoms with van der Waals surface area (Å²) in [7, 11) is 0. The molecule has 2 aliphatic rings. The van der Waals surface area contributed by atoms with Crippen LogP contribution in [0.5, 0.6) is 0 Å². The molecule has 0 aromatic carbocycles. The Labute approximate surface area is 440 Å². The van der Waals surface area contributed by atoms with Gasteiger partial charge in [0.25, 0.3) is 0 Å². The Morgan fingerprint density at radius 1 is 0.622 bits per heavy atom. The van der Waals surface area contributed by atoms with Crippen LogP contribution in [0.4, 0.5) is 4.79 Å². The predicted octanol–water partition coefficient (Wildman–Crippen LogP) is -0.552. The molecular weight excluding hydrogens is 977 g/mol. The van der Waals surface area contributed by atoms with E-state index in [4.69, 9.17) is 22.9 Å². The first-order chi connectivity index (χ1) is 35.2. The first kappa shape index (κ1) is 64.4. The number of thioether (sulfide) groups is 1. The number of fused-ring (bicyclic) bond motifs is 1. The van der Waals surface area contributed by atoms with Gasteiger partial charge < -0.3 is 70.8 Å². The zero-order valence-electron chi connectivity index (χ0n) is 44.3. The van der Waals surface area contributed by atoms with Crippen LogP contribution < -0.4 is 70.8 Å². The SMILES string of the molecule is CCC(C)[C@H](NC(=O)[C@@H](CCCCN)NC(=O)[C@@H](NC(=O)[C@@H](CCC(N)=O)NC(=O)[C@H](CCCN=C(N)N)NC(=O)CCNC(=O)CCCCCNC(=O)CCCCC1SC[C@@H]2NC(=O)N[C@H]12)C(C)CC)C(C)=O. The fourth-order valence-electron chi connectivity index (χ4n) is 8.56. The van der Waals surface area contributed by atoms with Crippen molar-refractivity contribution in [2.45, 2.75) is 198 Å². The van der Waals surface area contributed by atoms with Crippen molar-refractivity contribution in [1.82, 2.24) is 47.9 Å². The molecule has 2 aliphatic heterocycles. The molecule has 2 fully saturated rings. The van der Waals surface area contributed by atoms with Crippen LogP contribution >= 0.6 is 11.8 Å². The molecule has 3 unspecified atom stereocenters. The van der Waals surface area contributed by atoms with Crippen molar-refractivity contribution in [1.29, 1.82) is 0 Å².